The van der Waals surface area contributed by atoms with E-state index in [2.05, 4.69) is 11.1 Å². The van der Waals surface area contributed by atoms with Gasteiger partial charge in [0, 0.05) is 17.6 Å². The molecule has 0 aliphatic heterocycles. The maximum Gasteiger partial charge on any atom is 0.0702 e. The van der Waals surface area contributed by atoms with Crippen molar-refractivity contribution in [2.75, 3.05) is 0 Å². The molecular formula is C12H10ClN. The molecule has 2 rings (SSSR count). The SMILES string of the molecule is ClCc1cccc(-c2ccccn2)c1. The van der Waals surface area contributed by atoms with Crippen molar-refractivity contribution in [3.8, 4) is 11.3 Å². The number of alkyl halides is 1. The van der Waals surface area contributed by atoms with Crippen molar-refractivity contribution in [1.29, 1.82) is 0 Å². The van der Waals surface area contributed by atoms with Gasteiger partial charge in [-0.3, -0.25) is 4.98 Å². The molecule has 2 aromatic rings. The van der Waals surface area contributed by atoms with Gasteiger partial charge >= 0.3 is 0 Å². The lowest BCUT2D eigenvalue weighted by atomic mass is 10.1. The van der Waals surface area contributed by atoms with E-state index in [1.54, 1.807) is 6.20 Å². The first-order chi connectivity index (χ1) is 6.90. The summed E-state index contributed by atoms with van der Waals surface area (Å²) in [6.45, 7) is 0. The highest BCUT2D eigenvalue weighted by Crippen LogP contribution is 2.18. The summed E-state index contributed by atoms with van der Waals surface area (Å²) in [6, 6.07) is 14.0. The Morgan fingerprint density at radius 2 is 2.00 bits per heavy atom. The molecule has 1 aromatic carbocycles. The highest BCUT2D eigenvalue weighted by atomic mass is 35.5. The molecule has 0 aliphatic carbocycles. The maximum atomic E-state index is 5.77. The molecule has 0 radical (unpaired) electrons. The monoisotopic (exact) mass is 203 g/mol. The highest BCUT2D eigenvalue weighted by Gasteiger charge is 1.98. The second kappa shape index (κ2) is 4.25. The van der Waals surface area contributed by atoms with Crippen molar-refractivity contribution < 1.29 is 0 Å². The number of hydrogen-bond donors (Lipinski definition) is 0. The van der Waals surface area contributed by atoms with Crippen LogP contribution >= 0.6 is 11.6 Å². The van der Waals surface area contributed by atoms with E-state index in [9.17, 15) is 0 Å². The smallest absolute Gasteiger partial charge is 0.0702 e. The van der Waals surface area contributed by atoms with Gasteiger partial charge in [-0.05, 0) is 23.8 Å². The first-order valence-corrected chi connectivity index (χ1v) is 5.00. The minimum atomic E-state index is 0.542. The second-order valence-corrected chi connectivity index (χ2v) is 3.32. The van der Waals surface area contributed by atoms with Gasteiger partial charge in [0.15, 0.2) is 0 Å². The van der Waals surface area contributed by atoms with Crippen molar-refractivity contribution in [3.63, 3.8) is 0 Å². The van der Waals surface area contributed by atoms with Gasteiger partial charge in [0.05, 0.1) is 5.69 Å². The van der Waals surface area contributed by atoms with Gasteiger partial charge in [-0.2, -0.15) is 0 Å². The molecule has 0 atom stereocenters. The van der Waals surface area contributed by atoms with E-state index in [1.165, 1.54) is 0 Å². The van der Waals surface area contributed by atoms with E-state index >= 15 is 0 Å². The van der Waals surface area contributed by atoms with Gasteiger partial charge in [-0.25, -0.2) is 0 Å². The van der Waals surface area contributed by atoms with Gasteiger partial charge in [-0.15, -0.1) is 11.6 Å². The zero-order valence-electron chi connectivity index (χ0n) is 7.65. The van der Waals surface area contributed by atoms with Crippen molar-refractivity contribution >= 4 is 11.6 Å². The first kappa shape index (κ1) is 9.22. The molecule has 0 saturated carbocycles. The van der Waals surface area contributed by atoms with E-state index < -0.39 is 0 Å². The molecule has 0 aliphatic rings. The predicted molar refractivity (Wildman–Crippen MR) is 59.2 cm³/mol. The molecule has 1 nitrogen and oxygen atoms in total. The van der Waals surface area contributed by atoms with Gasteiger partial charge in [-0.1, -0.05) is 24.3 Å². The van der Waals surface area contributed by atoms with Gasteiger partial charge in [0.2, 0.25) is 0 Å². The number of nitrogens with zero attached hydrogens (tertiary/aromatic N) is 1. The van der Waals surface area contributed by atoms with Crippen LogP contribution in [-0.4, -0.2) is 4.98 Å². The van der Waals surface area contributed by atoms with Crippen molar-refractivity contribution in [2.24, 2.45) is 0 Å². The molecule has 0 bridgehead atoms. The molecule has 1 heterocycles. The molecular weight excluding hydrogens is 194 g/mol. The number of rotatable bonds is 2. The summed E-state index contributed by atoms with van der Waals surface area (Å²) in [6.07, 6.45) is 1.79. The topological polar surface area (TPSA) is 12.9 Å². The third-order valence-electron chi connectivity index (χ3n) is 2.04. The van der Waals surface area contributed by atoms with Crippen LogP contribution in [0.4, 0.5) is 0 Å². The van der Waals surface area contributed by atoms with Crippen LogP contribution < -0.4 is 0 Å². The van der Waals surface area contributed by atoms with Crippen molar-refractivity contribution in [1.82, 2.24) is 4.98 Å². The summed E-state index contributed by atoms with van der Waals surface area (Å²) < 4.78 is 0. The van der Waals surface area contributed by atoms with Gasteiger partial charge in [0.1, 0.15) is 0 Å². The maximum absolute atomic E-state index is 5.77. The first-order valence-electron chi connectivity index (χ1n) is 4.46. The van der Waals surface area contributed by atoms with Crippen LogP contribution in [0, 0.1) is 0 Å². The molecule has 2 heteroatoms. The molecule has 0 saturated heterocycles. The Morgan fingerprint density at radius 1 is 1.07 bits per heavy atom. The summed E-state index contributed by atoms with van der Waals surface area (Å²) in [7, 11) is 0. The Bertz CT molecular complexity index is 412. The normalized spacial score (nSPS) is 10.1. The number of aromatic nitrogens is 1. The average Bonchev–Trinajstić information content (AvgIpc) is 2.30. The molecule has 0 spiro atoms. The van der Waals surface area contributed by atoms with E-state index in [-0.39, 0.29) is 0 Å². The molecule has 0 unspecified atom stereocenters. The van der Waals surface area contributed by atoms with Crippen LogP contribution in [-0.2, 0) is 5.88 Å². The average molecular weight is 204 g/mol. The number of halogens is 1. The quantitative estimate of drug-likeness (QED) is 0.681. The minimum absolute atomic E-state index is 0.542. The Kier molecular flexibility index (Phi) is 2.80. The molecule has 0 amide bonds. The van der Waals surface area contributed by atoms with E-state index in [4.69, 9.17) is 11.6 Å². The molecule has 0 fully saturated rings. The van der Waals surface area contributed by atoms with Crippen LogP contribution in [0.2, 0.25) is 0 Å². The van der Waals surface area contributed by atoms with Crippen LogP contribution in [0.1, 0.15) is 5.56 Å². The fourth-order valence-electron chi connectivity index (χ4n) is 1.35. The van der Waals surface area contributed by atoms with Crippen molar-refractivity contribution in [3.05, 3.63) is 54.2 Å². The lowest BCUT2D eigenvalue weighted by Crippen LogP contribution is -1.83. The fraction of sp³-hybridized carbons (Fsp3) is 0.0833. The highest BCUT2D eigenvalue weighted by molar-refractivity contribution is 6.17. The van der Waals surface area contributed by atoms with E-state index in [0.717, 1.165) is 16.8 Å². The largest absolute Gasteiger partial charge is 0.256 e. The fourth-order valence-corrected chi connectivity index (χ4v) is 1.51. The van der Waals surface area contributed by atoms with Crippen molar-refractivity contribution in [2.45, 2.75) is 5.88 Å². The molecule has 0 N–H and O–H groups in total. The van der Waals surface area contributed by atoms with Gasteiger partial charge < -0.3 is 0 Å². The number of pyridine rings is 1. The Hall–Kier alpha value is -1.34. The third-order valence-corrected chi connectivity index (χ3v) is 2.35. The lowest BCUT2D eigenvalue weighted by molar-refractivity contribution is 1.31. The zero-order valence-corrected chi connectivity index (χ0v) is 8.41. The summed E-state index contributed by atoms with van der Waals surface area (Å²) in [5.74, 6) is 0.542. The summed E-state index contributed by atoms with van der Waals surface area (Å²) >= 11 is 5.77. The standard InChI is InChI=1S/C12H10ClN/c13-9-10-4-3-5-11(8-10)12-6-1-2-7-14-12/h1-8H,9H2. The minimum Gasteiger partial charge on any atom is -0.256 e. The summed E-state index contributed by atoms with van der Waals surface area (Å²) in [5.41, 5.74) is 3.22. The molecule has 70 valence electrons. The Morgan fingerprint density at radius 3 is 2.71 bits per heavy atom. The predicted octanol–water partition coefficient (Wildman–Crippen LogP) is 3.49. The lowest BCUT2D eigenvalue weighted by Gasteiger charge is -2.01. The van der Waals surface area contributed by atoms with Crippen LogP contribution in [0.3, 0.4) is 0 Å². The third kappa shape index (κ3) is 1.94. The molecule has 14 heavy (non-hydrogen) atoms. The van der Waals surface area contributed by atoms with E-state index in [0.29, 0.717) is 5.88 Å². The summed E-state index contributed by atoms with van der Waals surface area (Å²) in [5, 5.41) is 0. The van der Waals surface area contributed by atoms with Crippen LogP contribution in [0.15, 0.2) is 48.7 Å². The van der Waals surface area contributed by atoms with Crippen LogP contribution in [0.5, 0.6) is 0 Å². The summed E-state index contributed by atoms with van der Waals surface area (Å²) in [4.78, 5) is 4.28. The second-order valence-electron chi connectivity index (χ2n) is 3.05. The van der Waals surface area contributed by atoms with Gasteiger partial charge in [0.25, 0.3) is 0 Å². The number of hydrogen-bond acceptors (Lipinski definition) is 1. The Labute approximate surface area is 88.4 Å². The number of benzene rings is 1. The Balaban J connectivity index is 2.42. The zero-order chi connectivity index (χ0) is 9.80. The van der Waals surface area contributed by atoms with Crippen LogP contribution in [0.25, 0.3) is 11.3 Å². The van der Waals surface area contributed by atoms with E-state index in [1.807, 2.05) is 36.4 Å². The molecule has 1 aromatic heterocycles.